The Morgan fingerprint density at radius 2 is 2.10 bits per heavy atom. The molecular formula is C29H33N4O6PS. The monoisotopic (exact) mass is 596 g/mol. The number of hydrogen-bond donors (Lipinski definition) is 4. The van der Waals surface area contributed by atoms with E-state index in [0.717, 1.165) is 56.4 Å². The van der Waals surface area contributed by atoms with E-state index in [2.05, 4.69) is 27.1 Å². The maximum atomic E-state index is 12.9. The molecule has 10 nitrogen and oxygen atoms in total. The zero-order valence-electron chi connectivity index (χ0n) is 22.7. The summed E-state index contributed by atoms with van der Waals surface area (Å²) in [4.78, 5) is 28.3. The van der Waals surface area contributed by atoms with Crippen LogP contribution in [0, 0.1) is 6.92 Å². The van der Waals surface area contributed by atoms with Crippen molar-refractivity contribution in [1.82, 2.24) is 14.9 Å². The van der Waals surface area contributed by atoms with Crippen LogP contribution in [-0.2, 0) is 19.9 Å². The number of aryl methyl sites for hydroxylation is 1. The predicted molar refractivity (Wildman–Crippen MR) is 160 cm³/mol. The zero-order valence-corrected chi connectivity index (χ0v) is 24.4. The standard InChI is InChI=1S/C29H33N4O6PS/c1-3-33(17-21(30)18-39-40(34,35)36)12-5-13-38-26-11-10-24(20-6-4-7-23(15-20)41(37)22-8-9-22)27-25-14-19(2)16-31-29(25)32-28(26)27/h3-4,6-7,10-11,14-17,22H,1,5,8-9,12-13,18,30H2,2H3,(H,31,32)(H2,34,35,36)/b21-17-. The van der Waals surface area contributed by atoms with E-state index in [1.807, 2.05) is 49.5 Å². The highest BCUT2D eigenvalue weighted by Gasteiger charge is 2.29. The van der Waals surface area contributed by atoms with Crippen LogP contribution in [0.3, 0.4) is 0 Å². The summed E-state index contributed by atoms with van der Waals surface area (Å²) >= 11 is 0. The molecule has 1 saturated carbocycles. The van der Waals surface area contributed by atoms with E-state index in [9.17, 15) is 8.77 Å². The minimum absolute atomic E-state index is 0.150. The average Bonchev–Trinajstić information content (AvgIpc) is 3.73. The number of phosphoric acid groups is 1. The Bertz CT molecular complexity index is 1690. The van der Waals surface area contributed by atoms with Gasteiger partial charge in [-0.25, -0.2) is 9.55 Å². The summed E-state index contributed by atoms with van der Waals surface area (Å²) in [6.45, 7) is 6.28. The van der Waals surface area contributed by atoms with Crippen LogP contribution in [0.1, 0.15) is 24.8 Å². The van der Waals surface area contributed by atoms with Gasteiger partial charge in [-0.1, -0.05) is 18.7 Å². The fourth-order valence-corrected chi connectivity index (χ4v) is 6.36. The molecule has 41 heavy (non-hydrogen) atoms. The van der Waals surface area contributed by atoms with Gasteiger partial charge in [-0.3, -0.25) is 8.73 Å². The average molecular weight is 597 g/mol. The number of nitrogens with two attached hydrogens (primary N) is 1. The molecule has 0 amide bonds. The molecule has 1 atom stereocenters. The van der Waals surface area contributed by atoms with E-state index >= 15 is 0 Å². The molecule has 1 aliphatic rings. The lowest BCUT2D eigenvalue weighted by Crippen LogP contribution is -2.18. The van der Waals surface area contributed by atoms with Crippen molar-refractivity contribution < 1.29 is 27.8 Å². The molecule has 0 saturated heterocycles. The van der Waals surface area contributed by atoms with Gasteiger partial charge in [-0.05, 0) is 79.4 Å². The van der Waals surface area contributed by atoms with Crippen molar-refractivity contribution in [3.63, 3.8) is 0 Å². The Hall–Kier alpha value is -3.47. The van der Waals surface area contributed by atoms with Gasteiger partial charge in [0.2, 0.25) is 0 Å². The van der Waals surface area contributed by atoms with Crippen LogP contribution in [0.2, 0.25) is 0 Å². The highest BCUT2D eigenvalue weighted by Crippen LogP contribution is 2.40. The van der Waals surface area contributed by atoms with Crippen molar-refractivity contribution in [2.24, 2.45) is 5.73 Å². The van der Waals surface area contributed by atoms with Gasteiger partial charge in [0.05, 0.1) is 35.2 Å². The third kappa shape index (κ3) is 7.06. The molecule has 0 aliphatic heterocycles. The summed E-state index contributed by atoms with van der Waals surface area (Å²) in [5, 5.41) is 2.25. The topological polar surface area (TPSA) is 151 Å². The van der Waals surface area contributed by atoms with Crippen molar-refractivity contribution in [2.75, 3.05) is 19.8 Å². The number of benzene rings is 2. The lowest BCUT2D eigenvalue weighted by molar-refractivity contribution is 0.210. The van der Waals surface area contributed by atoms with E-state index in [1.54, 1.807) is 11.1 Å². The number of pyridine rings is 1. The number of aromatic amines is 1. The first kappa shape index (κ1) is 29.0. The van der Waals surface area contributed by atoms with E-state index < -0.39 is 25.2 Å². The number of nitrogens with one attached hydrogen (secondary N) is 1. The first-order valence-corrected chi connectivity index (χ1v) is 16.0. The Labute approximate surface area is 240 Å². The number of phosphoric ester groups is 1. The minimum Gasteiger partial charge on any atom is -0.491 e. The Kier molecular flexibility index (Phi) is 8.63. The Morgan fingerprint density at radius 1 is 1.29 bits per heavy atom. The number of H-pyrrole nitrogens is 1. The van der Waals surface area contributed by atoms with Crippen molar-refractivity contribution >= 4 is 40.6 Å². The van der Waals surface area contributed by atoms with Crippen LogP contribution in [0.25, 0.3) is 33.1 Å². The third-order valence-electron chi connectivity index (χ3n) is 6.69. The summed E-state index contributed by atoms with van der Waals surface area (Å²) in [6, 6.07) is 14.0. The van der Waals surface area contributed by atoms with E-state index in [4.69, 9.17) is 20.3 Å². The smallest absolute Gasteiger partial charge is 0.469 e. The quantitative estimate of drug-likeness (QED) is 0.122. The molecule has 0 spiro atoms. The van der Waals surface area contributed by atoms with Gasteiger partial charge in [0.25, 0.3) is 0 Å². The number of hydrogen-bond acceptors (Lipinski definition) is 7. The second-order valence-electron chi connectivity index (χ2n) is 10.0. The Morgan fingerprint density at radius 3 is 2.83 bits per heavy atom. The fraction of sp³-hybridized carbons (Fsp3) is 0.276. The van der Waals surface area contributed by atoms with Gasteiger partial charge in [0.15, 0.2) is 0 Å². The predicted octanol–water partition coefficient (Wildman–Crippen LogP) is 5.09. The molecule has 216 valence electrons. The summed E-state index contributed by atoms with van der Waals surface area (Å²) in [7, 11) is -5.60. The molecule has 2 aromatic heterocycles. The van der Waals surface area contributed by atoms with Gasteiger partial charge in [-0.15, -0.1) is 0 Å². The fourth-order valence-electron chi connectivity index (χ4n) is 4.64. The molecule has 2 heterocycles. The van der Waals surface area contributed by atoms with Crippen molar-refractivity contribution in [2.45, 2.75) is 36.3 Å². The summed E-state index contributed by atoms with van der Waals surface area (Å²) in [6.07, 6.45) is 7.55. The van der Waals surface area contributed by atoms with Gasteiger partial charge in [0.1, 0.15) is 11.4 Å². The number of nitrogens with zero attached hydrogens (tertiary/aromatic N) is 2. The molecule has 0 radical (unpaired) electrons. The molecule has 12 heteroatoms. The SMILES string of the molecule is C=CN(/C=C(\N)COP(=O)(O)O)CCCOc1ccc(-c2cccc(S(=O)C3CC3)c2)c2c1[nH]c1ncc(C)cc12. The number of fused-ring (bicyclic) bond motifs is 3. The Balaban J connectivity index is 1.37. The van der Waals surface area contributed by atoms with Crippen LogP contribution >= 0.6 is 7.82 Å². The number of aromatic nitrogens is 2. The molecule has 5 rings (SSSR count). The molecule has 4 aromatic rings. The molecule has 1 fully saturated rings. The van der Waals surface area contributed by atoms with Gasteiger partial charge in [0, 0.05) is 39.9 Å². The van der Waals surface area contributed by atoms with Crippen LogP contribution in [-0.4, -0.2) is 53.9 Å². The van der Waals surface area contributed by atoms with E-state index in [-0.39, 0.29) is 10.9 Å². The number of rotatable bonds is 13. The van der Waals surface area contributed by atoms with Crippen LogP contribution in [0.4, 0.5) is 0 Å². The van der Waals surface area contributed by atoms with Crippen LogP contribution < -0.4 is 10.5 Å². The summed E-state index contributed by atoms with van der Waals surface area (Å²) in [5.41, 5.74) is 10.6. The maximum Gasteiger partial charge on any atom is 0.469 e. The van der Waals surface area contributed by atoms with Gasteiger partial charge >= 0.3 is 7.82 Å². The van der Waals surface area contributed by atoms with E-state index in [1.165, 1.54) is 6.20 Å². The molecule has 1 aliphatic carbocycles. The van der Waals surface area contributed by atoms with Gasteiger partial charge < -0.3 is 30.1 Å². The lowest BCUT2D eigenvalue weighted by atomic mass is 9.99. The molecule has 0 bridgehead atoms. The molecular weight excluding hydrogens is 563 g/mol. The van der Waals surface area contributed by atoms with Crippen molar-refractivity contribution in [3.8, 4) is 16.9 Å². The largest absolute Gasteiger partial charge is 0.491 e. The molecule has 5 N–H and O–H groups in total. The van der Waals surface area contributed by atoms with Gasteiger partial charge in [-0.2, -0.15) is 0 Å². The summed E-state index contributed by atoms with van der Waals surface area (Å²) in [5.74, 6) is 0.687. The van der Waals surface area contributed by atoms with Crippen molar-refractivity contribution in [1.29, 1.82) is 0 Å². The van der Waals surface area contributed by atoms with Crippen LogP contribution in [0.15, 0.2) is 78.2 Å². The second kappa shape index (κ2) is 12.2. The highest BCUT2D eigenvalue weighted by atomic mass is 32.2. The maximum absolute atomic E-state index is 12.9. The summed E-state index contributed by atoms with van der Waals surface area (Å²) < 4.78 is 34.4. The highest BCUT2D eigenvalue weighted by molar-refractivity contribution is 7.86. The number of ether oxygens (including phenoxy) is 1. The van der Waals surface area contributed by atoms with Crippen LogP contribution in [0.5, 0.6) is 5.75 Å². The molecule has 2 aromatic carbocycles. The normalized spacial score (nSPS) is 14.9. The zero-order chi connectivity index (χ0) is 29.1. The minimum atomic E-state index is -4.60. The van der Waals surface area contributed by atoms with Crippen molar-refractivity contribution in [3.05, 3.63) is 78.9 Å². The third-order valence-corrected chi connectivity index (χ3v) is 8.95. The first-order valence-electron chi connectivity index (χ1n) is 13.2. The lowest BCUT2D eigenvalue weighted by Gasteiger charge is -2.17. The van der Waals surface area contributed by atoms with E-state index in [0.29, 0.717) is 25.3 Å². The first-order chi connectivity index (χ1) is 19.6. The second-order valence-corrected chi connectivity index (χ2v) is 13.0. The molecule has 1 unspecified atom stereocenters.